The Labute approximate surface area is 143 Å². The molecule has 134 valence electrons. The lowest BCUT2D eigenvalue weighted by atomic mass is 9.72. The van der Waals surface area contributed by atoms with Gasteiger partial charge in [0, 0.05) is 32.8 Å². The van der Waals surface area contributed by atoms with Gasteiger partial charge in [0.15, 0.2) is 0 Å². The number of benzene rings is 1. The summed E-state index contributed by atoms with van der Waals surface area (Å²) in [4.78, 5) is 1.87. The van der Waals surface area contributed by atoms with Crippen molar-refractivity contribution in [3.05, 3.63) is 30.1 Å². The summed E-state index contributed by atoms with van der Waals surface area (Å²) in [6, 6.07) is 5.62. The van der Waals surface area contributed by atoms with Crippen LogP contribution in [0.1, 0.15) is 12.8 Å². The highest BCUT2D eigenvalue weighted by molar-refractivity contribution is 7.89. The van der Waals surface area contributed by atoms with Crippen molar-refractivity contribution in [1.29, 1.82) is 0 Å². The van der Waals surface area contributed by atoms with E-state index in [0.717, 1.165) is 19.4 Å². The molecule has 7 heteroatoms. The van der Waals surface area contributed by atoms with Crippen LogP contribution in [0.2, 0.25) is 0 Å². The van der Waals surface area contributed by atoms with Crippen LogP contribution in [-0.2, 0) is 14.8 Å². The second-order valence-electron chi connectivity index (χ2n) is 7.16. The molecule has 2 saturated heterocycles. The van der Waals surface area contributed by atoms with Gasteiger partial charge in [0.25, 0.3) is 0 Å². The lowest BCUT2D eigenvalue weighted by molar-refractivity contribution is -0.00333. The molecule has 1 spiro atoms. The van der Waals surface area contributed by atoms with Crippen LogP contribution in [0, 0.1) is 17.2 Å². The van der Waals surface area contributed by atoms with Crippen molar-refractivity contribution in [1.82, 2.24) is 9.21 Å². The van der Waals surface area contributed by atoms with E-state index in [1.807, 2.05) is 14.1 Å². The fraction of sp³-hybridized carbons (Fsp3) is 0.647. The van der Waals surface area contributed by atoms with E-state index in [0.29, 0.717) is 26.3 Å². The van der Waals surface area contributed by atoms with E-state index in [-0.39, 0.29) is 16.2 Å². The fourth-order valence-corrected chi connectivity index (χ4v) is 5.64. The molecule has 0 aliphatic carbocycles. The SMILES string of the molecule is CN(C)CC1CN(S(=O)(=O)c2ccccc2F)CC12CCOCC2. The van der Waals surface area contributed by atoms with Crippen LogP contribution in [0.4, 0.5) is 4.39 Å². The average Bonchev–Trinajstić information content (AvgIpc) is 2.86. The van der Waals surface area contributed by atoms with Crippen molar-refractivity contribution >= 4 is 10.0 Å². The first-order valence-electron chi connectivity index (χ1n) is 8.32. The summed E-state index contributed by atoms with van der Waals surface area (Å²) in [5.74, 6) is -0.451. The molecular formula is C17H25FN2O3S. The lowest BCUT2D eigenvalue weighted by Gasteiger charge is -2.39. The minimum Gasteiger partial charge on any atom is -0.381 e. The van der Waals surface area contributed by atoms with Gasteiger partial charge in [0.05, 0.1) is 0 Å². The van der Waals surface area contributed by atoms with Crippen LogP contribution in [-0.4, -0.2) is 64.6 Å². The number of hydrogen-bond donors (Lipinski definition) is 0. The Kier molecular flexibility index (Phi) is 4.97. The third-order valence-corrected chi connectivity index (χ3v) is 7.15. The molecule has 3 rings (SSSR count). The van der Waals surface area contributed by atoms with Crippen LogP contribution in [0.15, 0.2) is 29.2 Å². The van der Waals surface area contributed by atoms with Crippen LogP contribution in [0.5, 0.6) is 0 Å². The molecule has 2 heterocycles. The summed E-state index contributed by atoms with van der Waals surface area (Å²) in [7, 11) is 0.188. The highest BCUT2D eigenvalue weighted by atomic mass is 32.2. The predicted molar refractivity (Wildman–Crippen MR) is 89.7 cm³/mol. The van der Waals surface area contributed by atoms with E-state index in [2.05, 4.69) is 4.90 Å². The van der Waals surface area contributed by atoms with Crippen molar-refractivity contribution in [2.24, 2.45) is 11.3 Å². The van der Waals surface area contributed by atoms with Crippen molar-refractivity contribution in [2.75, 3.05) is 46.9 Å². The molecule has 1 unspecified atom stereocenters. The van der Waals surface area contributed by atoms with Crippen molar-refractivity contribution in [3.8, 4) is 0 Å². The molecule has 5 nitrogen and oxygen atoms in total. The number of halogens is 1. The van der Waals surface area contributed by atoms with E-state index >= 15 is 0 Å². The number of rotatable bonds is 4. The smallest absolute Gasteiger partial charge is 0.246 e. The Morgan fingerprint density at radius 3 is 2.58 bits per heavy atom. The molecule has 2 fully saturated rings. The molecule has 1 aromatic rings. The number of nitrogens with zero attached hydrogens (tertiary/aromatic N) is 2. The second kappa shape index (κ2) is 6.71. The van der Waals surface area contributed by atoms with Crippen molar-refractivity contribution in [3.63, 3.8) is 0 Å². The van der Waals surface area contributed by atoms with Crippen LogP contribution in [0.25, 0.3) is 0 Å². The maximum Gasteiger partial charge on any atom is 0.246 e. The minimum atomic E-state index is -3.81. The molecule has 0 amide bonds. The molecule has 24 heavy (non-hydrogen) atoms. The Balaban J connectivity index is 1.91. The monoisotopic (exact) mass is 356 g/mol. The summed E-state index contributed by atoms with van der Waals surface area (Å²) < 4.78 is 46.9. The van der Waals surface area contributed by atoms with Gasteiger partial charge in [-0.25, -0.2) is 12.8 Å². The third-order valence-electron chi connectivity index (χ3n) is 5.31. The minimum absolute atomic E-state index is 0.0686. The van der Waals surface area contributed by atoms with Gasteiger partial charge >= 0.3 is 0 Å². The first-order valence-corrected chi connectivity index (χ1v) is 9.76. The van der Waals surface area contributed by atoms with Gasteiger partial charge in [-0.1, -0.05) is 12.1 Å². The van der Waals surface area contributed by atoms with Gasteiger partial charge < -0.3 is 9.64 Å². The highest BCUT2D eigenvalue weighted by Gasteiger charge is 2.50. The molecule has 0 N–H and O–H groups in total. The lowest BCUT2D eigenvalue weighted by Crippen LogP contribution is -2.40. The van der Waals surface area contributed by atoms with Gasteiger partial charge in [-0.05, 0) is 50.4 Å². The highest BCUT2D eigenvalue weighted by Crippen LogP contribution is 2.46. The molecule has 1 aromatic carbocycles. The van der Waals surface area contributed by atoms with Crippen LogP contribution in [0.3, 0.4) is 0 Å². The maximum atomic E-state index is 14.0. The maximum absolute atomic E-state index is 14.0. The topological polar surface area (TPSA) is 49.9 Å². The molecule has 0 bridgehead atoms. The number of ether oxygens (including phenoxy) is 1. The van der Waals surface area contributed by atoms with Crippen molar-refractivity contribution in [2.45, 2.75) is 17.7 Å². The first kappa shape index (κ1) is 17.8. The zero-order valence-electron chi connectivity index (χ0n) is 14.2. The molecule has 1 atom stereocenters. The van der Waals surface area contributed by atoms with Gasteiger partial charge in [-0.3, -0.25) is 0 Å². The van der Waals surface area contributed by atoms with Gasteiger partial charge in [0.1, 0.15) is 10.7 Å². The number of sulfonamides is 1. The van der Waals surface area contributed by atoms with Gasteiger partial charge in [0.2, 0.25) is 10.0 Å². The Morgan fingerprint density at radius 1 is 1.29 bits per heavy atom. The summed E-state index contributed by atoms with van der Waals surface area (Å²) >= 11 is 0. The van der Waals surface area contributed by atoms with Crippen LogP contribution < -0.4 is 0 Å². The number of hydrogen-bond acceptors (Lipinski definition) is 4. The molecular weight excluding hydrogens is 331 g/mol. The van der Waals surface area contributed by atoms with E-state index < -0.39 is 15.8 Å². The zero-order valence-corrected chi connectivity index (χ0v) is 15.1. The Bertz CT molecular complexity index is 687. The first-order chi connectivity index (χ1) is 11.3. The molecule has 0 saturated carbocycles. The predicted octanol–water partition coefficient (Wildman–Crippen LogP) is 1.80. The summed E-state index contributed by atoms with van der Waals surface area (Å²) in [5, 5.41) is 0. The molecule has 2 aliphatic heterocycles. The fourth-order valence-electron chi connectivity index (χ4n) is 4.00. The Morgan fingerprint density at radius 2 is 1.96 bits per heavy atom. The molecule has 0 aromatic heterocycles. The molecule has 0 radical (unpaired) electrons. The van der Waals surface area contributed by atoms with E-state index in [1.165, 1.54) is 22.5 Å². The quantitative estimate of drug-likeness (QED) is 0.826. The average molecular weight is 356 g/mol. The second-order valence-corrected chi connectivity index (χ2v) is 9.07. The van der Waals surface area contributed by atoms with E-state index in [9.17, 15) is 12.8 Å². The van der Waals surface area contributed by atoms with Gasteiger partial charge in [-0.15, -0.1) is 0 Å². The van der Waals surface area contributed by atoms with Gasteiger partial charge in [-0.2, -0.15) is 4.31 Å². The summed E-state index contributed by atoms with van der Waals surface area (Å²) in [6.45, 7) is 3.04. The molecule has 2 aliphatic rings. The summed E-state index contributed by atoms with van der Waals surface area (Å²) in [6.07, 6.45) is 1.71. The van der Waals surface area contributed by atoms with Crippen LogP contribution >= 0.6 is 0 Å². The summed E-state index contributed by atoms with van der Waals surface area (Å²) in [5.41, 5.74) is -0.0686. The third kappa shape index (κ3) is 3.22. The standard InChI is InChI=1S/C17H25FN2O3S/c1-19(2)11-14-12-20(13-17(14)7-9-23-10-8-17)24(21,22)16-6-4-3-5-15(16)18/h3-6,14H,7-13H2,1-2H3. The normalized spacial score (nSPS) is 24.8. The largest absolute Gasteiger partial charge is 0.381 e. The van der Waals surface area contributed by atoms with E-state index in [1.54, 1.807) is 6.07 Å². The zero-order chi connectivity index (χ0) is 17.4. The van der Waals surface area contributed by atoms with Crippen molar-refractivity contribution < 1.29 is 17.5 Å². The Hall–Kier alpha value is -1.02. The van der Waals surface area contributed by atoms with E-state index in [4.69, 9.17) is 4.74 Å².